The summed E-state index contributed by atoms with van der Waals surface area (Å²) in [4.78, 5) is 9.72. The molecule has 2 aromatic heterocycles. The second kappa shape index (κ2) is 12.4. The highest BCUT2D eigenvalue weighted by atomic mass is 15.1. The predicted molar refractivity (Wildman–Crippen MR) is 188 cm³/mol. The third kappa shape index (κ3) is 5.90. The van der Waals surface area contributed by atoms with E-state index < -0.39 is 0 Å². The molecule has 2 heterocycles. The molecule has 0 N–H and O–H groups in total. The lowest BCUT2D eigenvalue weighted by Crippen LogP contribution is -2.22. The van der Waals surface area contributed by atoms with E-state index in [0.29, 0.717) is 11.8 Å². The molecule has 0 amide bonds. The molecule has 0 saturated heterocycles. The van der Waals surface area contributed by atoms with Crippen molar-refractivity contribution >= 4 is 0 Å². The summed E-state index contributed by atoms with van der Waals surface area (Å²) in [6, 6.07) is 33.0. The van der Waals surface area contributed by atoms with E-state index in [9.17, 15) is 0 Å². The molecule has 6 aromatic rings. The summed E-state index contributed by atoms with van der Waals surface area (Å²) in [6.07, 6.45) is 8.84. The first-order chi connectivity index (χ1) is 21.7. The molecule has 0 unspecified atom stereocenters. The highest BCUT2D eigenvalue weighted by Crippen LogP contribution is 2.40. The number of hydrogen-bond donors (Lipinski definition) is 0. The van der Waals surface area contributed by atoms with E-state index >= 15 is 0 Å². The fourth-order valence-electron chi connectivity index (χ4n) is 6.68. The minimum absolute atomic E-state index is 0.153. The molecule has 0 atom stereocenters. The van der Waals surface area contributed by atoms with Crippen molar-refractivity contribution in [2.75, 3.05) is 0 Å². The zero-order chi connectivity index (χ0) is 31.7. The first kappa shape index (κ1) is 30.3. The van der Waals surface area contributed by atoms with Crippen molar-refractivity contribution in [2.45, 2.75) is 65.2 Å². The number of nitrogens with zero attached hydrogens (tertiary/aromatic N) is 4. The second-order valence-corrected chi connectivity index (χ2v) is 13.4. The van der Waals surface area contributed by atoms with Crippen molar-refractivity contribution < 1.29 is 0 Å². The molecule has 4 nitrogen and oxygen atoms in total. The Bertz CT molecular complexity index is 1890. The molecule has 0 spiro atoms. The minimum Gasteiger partial charge on any atom is -0.334 e. The van der Waals surface area contributed by atoms with Crippen LogP contribution >= 0.6 is 0 Å². The van der Waals surface area contributed by atoms with Gasteiger partial charge < -0.3 is 4.57 Å². The average molecular weight is 593 g/mol. The van der Waals surface area contributed by atoms with E-state index in [1.54, 1.807) is 0 Å². The summed E-state index contributed by atoms with van der Waals surface area (Å²) in [5.41, 5.74) is 11.2. The SMILES string of the molecule is CC(C)c1cc(-c2ccccc2)cc(C(C)C)c1-n1ccnc1-c1ccccc1CC(C)(C)c1ccccc1-c1nccn1C. The minimum atomic E-state index is -0.153. The lowest BCUT2D eigenvalue weighted by atomic mass is 9.76. The zero-order valence-corrected chi connectivity index (χ0v) is 27.6. The molecule has 0 aliphatic heterocycles. The van der Waals surface area contributed by atoms with Crippen LogP contribution in [0.2, 0.25) is 0 Å². The van der Waals surface area contributed by atoms with Gasteiger partial charge in [0, 0.05) is 43.0 Å². The van der Waals surface area contributed by atoms with Gasteiger partial charge in [-0.2, -0.15) is 0 Å². The standard InChI is InChI=1S/C41H44N4/c1-28(2)35-25-32(30-15-9-8-10-16-30)26-36(29(3)4)38(35)45-24-22-43-40(45)33-18-12-11-17-31(33)27-41(5,6)37-20-14-13-19-34(37)39-42-21-23-44(39)7/h8-26,28-29H,27H2,1-7H3. The summed E-state index contributed by atoms with van der Waals surface area (Å²) in [5.74, 6) is 2.65. The second-order valence-electron chi connectivity index (χ2n) is 13.4. The molecular formula is C41H44N4. The molecule has 0 fully saturated rings. The molecule has 0 aliphatic carbocycles. The molecule has 4 aromatic carbocycles. The van der Waals surface area contributed by atoms with Crippen LogP contribution in [0.15, 0.2) is 116 Å². The van der Waals surface area contributed by atoms with Crippen molar-refractivity contribution in [2.24, 2.45) is 7.05 Å². The lowest BCUT2D eigenvalue weighted by Gasteiger charge is -2.29. The number of rotatable bonds is 9. The third-order valence-corrected chi connectivity index (χ3v) is 9.01. The van der Waals surface area contributed by atoms with Crippen LogP contribution in [0.5, 0.6) is 0 Å². The fraction of sp³-hybridized carbons (Fsp3) is 0.268. The van der Waals surface area contributed by atoms with Gasteiger partial charge in [-0.1, -0.05) is 120 Å². The maximum atomic E-state index is 5.03. The van der Waals surface area contributed by atoms with Crippen LogP contribution in [-0.4, -0.2) is 19.1 Å². The van der Waals surface area contributed by atoms with Gasteiger partial charge in [0.15, 0.2) is 0 Å². The first-order valence-corrected chi connectivity index (χ1v) is 16.1. The van der Waals surface area contributed by atoms with E-state index in [-0.39, 0.29) is 5.41 Å². The Morgan fingerprint density at radius 2 is 1.22 bits per heavy atom. The maximum Gasteiger partial charge on any atom is 0.144 e. The first-order valence-electron chi connectivity index (χ1n) is 16.1. The van der Waals surface area contributed by atoms with Gasteiger partial charge in [0.05, 0.1) is 5.69 Å². The molecule has 0 aliphatic rings. The Labute approximate surface area is 268 Å². The van der Waals surface area contributed by atoms with Crippen LogP contribution in [-0.2, 0) is 18.9 Å². The number of hydrogen-bond acceptors (Lipinski definition) is 2. The Hall–Kier alpha value is -4.70. The van der Waals surface area contributed by atoms with E-state index in [2.05, 4.69) is 155 Å². The average Bonchev–Trinajstić information content (AvgIpc) is 3.70. The van der Waals surface area contributed by atoms with Gasteiger partial charge in [0.2, 0.25) is 0 Å². The number of benzene rings is 4. The Morgan fingerprint density at radius 3 is 1.87 bits per heavy atom. The highest BCUT2D eigenvalue weighted by Gasteiger charge is 2.28. The smallest absolute Gasteiger partial charge is 0.144 e. The fourth-order valence-corrected chi connectivity index (χ4v) is 6.68. The van der Waals surface area contributed by atoms with Gasteiger partial charge in [-0.25, -0.2) is 9.97 Å². The molecule has 4 heteroatoms. The number of aromatic nitrogens is 4. The Kier molecular flexibility index (Phi) is 8.33. The Balaban J connectivity index is 1.47. The quantitative estimate of drug-likeness (QED) is 0.167. The van der Waals surface area contributed by atoms with Crippen molar-refractivity contribution in [3.05, 3.63) is 138 Å². The largest absolute Gasteiger partial charge is 0.334 e. The van der Waals surface area contributed by atoms with Crippen LogP contribution < -0.4 is 0 Å². The van der Waals surface area contributed by atoms with Gasteiger partial charge >= 0.3 is 0 Å². The molecule has 45 heavy (non-hydrogen) atoms. The summed E-state index contributed by atoms with van der Waals surface area (Å²) in [7, 11) is 2.06. The number of aryl methyl sites for hydroxylation is 1. The van der Waals surface area contributed by atoms with E-state index in [1.165, 1.54) is 50.2 Å². The van der Waals surface area contributed by atoms with E-state index in [0.717, 1.165) is 18.1 Å². The molecular weight excluding hydrogens is 548 g/mol. The summed E-state index contributed by atoms with van der Waals surface area (Å²) < 4.78 is 4.44. The summed E-state index contributed by atoms with van der Waals surface area (Å²) in [6.45, 7) is 13.9. The predicted octanol–water partition coefficient (Wildman–Crippen LogP) is 10.4. The summed E-state index contributed by atoms with van der Waals surface area (Å²) in [5, 5.41) is 0. The topological polar surface area (TPSA) is 35.6 Å². The van der Waals surface area contributed by atoms with Crippen molar-refractivity contribution in [1.82, 2.24) is 19.1 Å². The van der Waals surface area contributed by atoms with Gasteiger partial charge in [-0.3, -0.25) is 4.57 Å². The molecule has 6 rings (SSSR count). The van der Waals surface area contributed by atoms with Gasteiger partial charge in [-0.05, 0) is 69.2 Å². The van der Waals surface area contributed by atoms with Crippen LogP contribution in [0, 0.1) is 0 Å². The number of imidazole rings is 2. The van der Waals surface area contributed by atoms with Crippen molar-refractivity contribution in [3.8, 4) is 39.6 Å². The molecule has 0 bridgehead atoms. The van der Waals surface area contributed by atoms with Crippen LogP contribution in [0.4, 0.5) is 0 Å². The van der Waals surface area contributed by atoms with Crippen LogP contribution in [0.1, 0.15) is 75.6 Å². The van der Waals surface area contributed by atoms with Gasteiger partial charge in [-0.15, -0.1) is 0 Å². The van der Waals surface area contributed by atoms with E-state index in [1.807, 2.05) is 18.6 Å². The highest BCUT2D eigenvalue weighted by molar-refractivity contribution is 5.72. The monoisotopic (exact) mass is 592 g/mol. The van der Waals surface area contributed by atoms with Crippen LogP contribution in [0.3, 0.4) is 0 Å². The van der Waals surface area contributed by atoms with Gasteiger partial charge in [0.1, 0.15) is 11.6 Å². The van der Waals surface area contributed by atoms with Crippen molar-refractivity contribution in [1.29, 1.82) is 0 Å². The van der Waals surface area contributed by atoms with Crippen LogP contribution in [0.25, 0.3) is 39.6 Å². The third-order valence-electron chi connectivity index (χ3n) is 9.01. The van der Waals surface area contributed by atoms with E-state index in [4.69, 9.17) is 9.97 Å². The molecule has 228 valence electrons. The Morgan fingerprint density at radius 1 is 0.644 bits per heavy atom. The zero-order valence-electron chi connectivity index (χ0n) is 27.6. The molecule has 0 saturated carbocycles. The van der Waals surface area contributed by atoms with Crippen molar-refractivity contribution in [3.63, 3.8) is 0 Å². The van der Waals surface area contributed by atoms with Gasteiger partial charge in [0.25, 0.3) is 0 Å². The lowest BCUT2D eigenvalue weighted by molar-refractivity contribution is 0.523. The molecule has 0 radical (unpaired) electrons. The normalized spacial score (nSPS) is 11.9. The maximum absolute atomic E-state index is 5.03. The summed E-state index contributed by atoms with van der Waals surface area (Å²) >= 11 is 0.